The summed E-state index contributed by atoms with van der Waals surface area (Å²) in [5, 5.41) is 4.02. The van der Waals surface area contributed by atoms with Gasteiger partial charge in [0.1, 0.15) is 11.2 Å². The topological polar surface area (TPSA) is 67.5 Å². The quantitative estimate of drug-likeness (QED) is 0.538. The zero-order valence-electron chi connectivity index (χ0n) is 20.0. The van der Waals surface area contributed by atoms with E-state index in [0.717, 1.165) is 23.9 Å². The fourth-order valence-electron chi connectivity index (χ4n) is 5.62. The van der Waals surface area contributed by atoms with Crippen LogP contribution in [0.2, 0.25) is 5.02 Å². The zero-order chi connectivity index (χ0) is 24.0. The first-order valence-electron chi connectivity index (χ1n) is 12.2. The van der Waals surface area contributed by atoms with Gasteiger partial charge in [-0.05, 0) is 49.3 Å². The van der Waals surface area contributed by atoms with Gasteiger partial charge in [0.2, 0.25) is 5.91 Å². The van der Waals surface area contributed by atoms with Gasteiger partial charge in [-0.2, -0.15) is 0 Å². The second-order valence-electron chi connectivity index (χ2n) is 10.2. The molecule has 1 fully saturated rings. The Bertz CT molecular complexity index is 1210. The third-order valence-corrected chi connectivity index (χ3v) is 8.35. The third-order valence-electron chi connectivity index (χ3n) is 8.10. The summed E-state index contributed by atoms with van der Waals surface area (Å²) in [6.07, 6.45) is 5.55. The van der Waals surface area contributed by atoms with Gasteiger partial charge in [-0.1, -0.05) is 50.4 Å². The van der Waals surface area contributed by atoms with E-state index in [1.54, 1.807) is 17.2 Å². The van der Waals surface area contributed by atoms with Crippen molar-refractivity contribution in [2.24, 2.45) is 11.8 Å². The van der Waals surface area contributed by atoms with Crippen molar-refractivity contribution >= 4 is 34.5 Å². The zero-order valence-corrected chi connectivity index (χ0v) is 20.8. The molecular weight excluding hydrogens is 450 g/mol. The van der Waals surface area contributed by atoms with Gasteiger partial charge in [-0.25, -0.2) is 0 Å². The third kappa shape index (κ3) is 3.92. The van der Waals surface area contributed by atoms with Gasteiger partial charge in [0.15, 0.2) is 5.58 Å². The highest BCUT2D eigenvalue weighted by Crippen LogP contribution is 2.35. The molecule has 1 aliphatic carbocycles. The van der Waals surface area contributed by atoms with Gasteiger partial charge in [0, 0.05) is 29.7 Å². The van der Waals surface area contributed by atoms with Gasteiger partial charge in [0.05, 0.1) is 18.3 Å². The van der Waals surface area contributed by atoms with Crippen LogP contribution < -0.4 is 5.32 Å². The minimum Gasteiger partial charge on any atom is -0.463 e. The van der Waals surface area contributed by atoms with Crippen LogP contribution in [-0.2, 0) is 17.8 Å². The van der Waals surface area contributed by atoms with Crippen molar-refractivity contribution in [1.82, 2.24) is 14.8 Å². The summed E-state index contributed by atoms with van der Waals surface area (Å²) < 4.78 is 7.50. The number of rotatable bonds is 5. The second-order valence-corrected chi connectivity index (χ2v) is 10.7. The first kappa shape index (κ1) is 23.0. The van der Waals surface area contributed by atoms with Crippen LogP contribution in [-0.4, -0.2) is 39.4 Å². The maximum absolute atomic E-state index is 13.9. The molecule has 0 radical (unpaired) electrons. The Labute approximate surface area is 205 Å². The number of nitrogens with one attached hydrogen (secondary N) is 1. The molecule has 6 nitrogen and oxygen atoms in total. The predicted molar refractivity (Wildman–Crippen MR) is 133 cm³/mol. The Kier molecular flexibility index (Phi) is 5.96. The SMILES string of the molecule is C[C@@H]1[C@H](C)CCC[C@@H]1NC(=O)[C@@]1(C)Cn2c(cc3occc32)C(=O)N1CCc1ccc(Cl)cc1. The van der Waals surface area contributed by atoms with E-state index in [9.17, 15) is 9.59 Å². The number of hydrogen-bond donors (Lipinski definition) is 1. The fourth-order valence-corrected chi connectivity index (χ4v) is 5.75. The number of carbonyl (C=O) groups excluding carboxylic acids is 2. The van der Waals surface area contributed by atoms with Crippen LogP contribution in [0.5, 0.6) is 0 Å². The molecule has 1 N–H and O–H groups in total. The van der Waals surface area contributed by atoms with Crippen LogP contribution in [0.15, 0.2) is 47.1 Å². The number of carbonyl (C=O) groups is 2. The minimum atomic E-state index is -1.01. The number of fused-ring (bicyclic) bond motifs is 3. The summed E-state index contributed by atoms with van der Waals surface area (Å²) >= 11 is 6.04. The molecule has 3 heterocycles. The van der Waals surface area contributed by atoms with E-state index in [2.05, 4.69) is 19.2 Å². The Morgan fingerprint density at radius 1 is 1.21 bits per heavy atom. The molecule has 0 bridgehead atoms. The normalized spacial score (nSPS) is 27.1. The predicted octanol–water partition coefficient (Wildman–Crippen LogP) is 5.29. The van der Waals surface area contributed by atoms with Crippen molar-refractivity contribution in [3.05, 3.63) is 58.9 Å². The van der Waals surface area contributed by atoms with E-state index in [-0.39, 0.29) is 17.9 Å². The number of benzene rings is 1. The summed E-state index contributed by atoms with van der Waals surface area (Å²) in [5.41, 5.74) is 2.14. The summed E-state index contributed by atoms with van der Waals surface area (Å²) in [4.78, 5) is 29.4. The van der Waals surface area contributed by atoms with Crippen molar-refractivity contribution in [2.75, 3.05) is 6.54 Å². The summed E-state index contributed by atoms with van der Waals surface area (Å²) in [7, 11) is 0. The highest BCUT2D eigenvalue weighted by Gasteiger charge is 2.48. The van der Waals surface area contributed by atoms with Crippen molar-refractivity contribution < 1.29 is 14.0 Å². The van der Waals surface area contributed by atoms with Crippen LogP contribution in [0.4, 0.5) is 0 Å². The van der Waals surface area contributed by atoms with E-state index in [1.807, 2.05) is 41.8 Å². The van der Waals surface area contributed by atoms with Crippen LogP contribution in [0.1, 0.15) is 56.1 Å². The Balaban J connectivity index is 1.46. The van der Waals surface area contributed by atoms with Crippen molar-refractivity contribution in [3.63, 3.8) is 0 Å². The van der Waals surface area contributed by atoms with E-state index >= 15 is 0 Å². The van der Waals surface area contributed by atoms with E-state index < -0.39 is 5.54 Å². The maximum Gasteiger partial charge on any atom is 0.271 e. The largest absolute Gasteiger partial charge is 0.463 e. The van der Waals surface area contributed by atoms with Crippen LogP contribution in [0, 0.1) is 11.8 Å². The maximum atomic E-state index is 13.9. The van der Waals surface area contributed by atoms with E-state index in [0.29, 0.717) is 47.6 Å². The number of nitrogens with zero attached hydrogens (tertiary/aromatic N) is 2. The molecule has 4 atom stereocenters. The van der Waals surface area contributed by atoms with Crippen molar-refractivity contribution in [2.45, 2.75) is 64.6 Å². The molecule has 1 aliphatic heterocycles. The molecule has 0 saturated heterocycles. The monoisotopic (exact) mass is 481 g/mol. The highest BCUT2D eigenvalue weighted by molar-refractivity contribution is 6.30. The molecular formula is C27H32ClN3O3. The van der Waals surface area contributed by atoms with Gasteiger partial charge in [-0.15, -0.1) is 0 Å². The number of hydrogen-bond acceptors (Lipinski definition) is 3. The summed E-state index contributed by atoms with van der Waals surface area (Å²) in [6, 6.07) is 11.4. The van der Waals surface area contributed by atoms with Gasteiger partial charge in [0.25, 0.3) is 5.91 Å². The molecule has 180 valence electrons. The van der Waals surface area contributed by atoms with Crippen molar-refractivity contribution in [1.29, 1.82) is 0 Å². The van der Waals surface area contributed by atoms with Crippen molar-refractivity contribution in [3.8, 4) is 0 Å². The van der Waals surface area contributed by atoms with Gasteiger partial charge >= 0.3 is 0 Å². The molecule has 0 unspecified atom stereocenters. The Morgan fingerprint density at radius 2 is 1.97 bits per heavy atom. The van der Waals surface area contributed by atoms with Gasteiger partial charge in [-0.3, -0.25) is 9.59 Å². The lowest BCUT2D eigenvalue weighted by atomic mass is 9.77. The number of halogens is 1. The first-order valence-corrected chi connectivity index (χ1v) is 12.6. The molecule has 2 amide bonds. The Morgan fingerprint density at radius 3 is 2.74 bits per heavy atom. The molecule has 3 aromatic rings. The average molecular weight is 482 g/mol. The molecule has 7 heteroatoms. The lowest BCUT2D eigenvalue weighted by Crippen LogP contribution is -2.65. The smallest absolute Gasteiger partial charge is 0.271 e. The van der Waals surface area contributed by atoms with E-state index in [1.165, 1.54) is 6.42 Å². The molecule has 0 spiro atoms. The first-order chi connectivity index (χ1) is 16.3. The molecule has 5 rings (SSSR count). The van der Waals surface area contributed by atoms with Gasteiger partial charge < -0.3 is 19.2 Å². The lowest BCUT2D eigenvalue weighted by Gasteiger charge is -2.45. The lowest BCUT2D eigenvalue weighted by molar-refractivity contribution is -0.134. The average Bonchev–Trinajstić information content (AvgIpc) is 3.40. The fraction of sp³-hybridized carbons (Fsp3) is 0.481. The molecule has 1 aromatic carbocycles. The molecule has 34 heavy (non-hydrogen) atoms. The molecule has 2 aliphatic rings. The number of aromatic nitrogens is 1. The Hall–Kier alpha value is -2.73. The van der Waals surface area contributed by atoms with Crippen LogP contribution >= 0.6 is 11.6 Å². The standard InChI is InChI=1S/C27H32ClN3O3/c1-17-5-4-6-21(18(17)2)29-26(33)27(3)16-30-22-12-14-34-24(22)15-23(30)25(32)31(27)13-11-19-7-9-20(28)10-8-19/h7-10,12,14-15,17-18,21H,4-6,11,13,16H2,1-3H3,(H,29,33)/t17-,18-,21+,27-/m1/s1. The second kappa shape index (κ2) is 8.81. The summed E-state index contributed by atoms with van der Waals surface area (Å²) in [5.74, 6) is 0.751. The number of furan rings is 1. The van der Waals surface area contributed by atoms with E-state index in [4.69, 9.17) is 16.0 Å². The number of amides is 2. The highest BCUT2D eigenvalue weighted by atomic mass is 35.5. The minimum absolute atomic E-state index is 0.0844. The molecule has 1 saturated carbocycles. The summed E-state index contributed by atoms with van der Waals surface area (Å²) in [6.45, 7) is 7.21. The van der Waals surface area contributed by atoms with Crippen LogP contribution in [0.25, 0.3) is 11.1 Å². The van der Waals surface area contributed by atoms with Crippen LogP contribution in [0.3, 0.4) is 0 Å². The molecule has 2 aromatic heterocycles.